The SMILES string of the molecule is [2H]c1c([2H])c(C([2H])([2H])[2H])c([2H])c([2H])c1C(=O)Nc1cc2nc(-c3cncn3C)ccc2cn1. The van der Waals surface area contributed by atoms with Crippen molar-refractivity contribution in [2.75, 3.05) is 5.32 Å². The Morgan fingerprint density at radius 3 is 2.81 bits per heavy atom. The van der Waals surface area contributed by atoms with Gasteiger partial charge < -0.3 is 9.88 Å². The van der Waals surface area contributed by atoms with Gasteiger partial charge in [0.2, 0.25) is 0 Å². The molecule has 1 N–H and O–H groups in total. The number of benzene rings is 1. The van der Waals surface area contributed by atoms with Gasteiger partial charge in [-0.1, -0.05) is 17.6 Å². The van der Waals surface area contributed by atoms with Crippen molar-refractivity contribution in [2.24, 2.45) is 7.05 Å². The molecule has 0 spiro atoms. The topological polar surface area (TPSA) is 72.7 Å². The molecule has 6 nitrogen and oxygen atoms in total. The van der Waals surface area contributed by atoms with E-state index in [0.717, 1.165) is 5.69 Å². The maximum absolute atomic E-state index is 12.8. The second-order valence-corrected chi connectivity index (χ2v) is 5.55. The third kappa shape index (κ3) is 3.04. The summed E-state index contributed by atoms with van der Waals surface area (Å²) in [6, 6.07) is 2.11. The number of carbonyl (C=O) groups is 1. The fourth-order valence-corrected chi connectivity index (χ4v) is 2.44. The maximum atomic E-state index is 12.8. The lowest BCUT2D eigenvalue weighted by molar-refractivity contribution is 0.102. The van der Waals surface area contributed by atoms with Gasteiger partial charge in [0.1, 0.15) is 5.82 Å². The van der Waals surface area contributed by atoms with Gasteiger partial charge in [0.25, 0.3) is 5.91 Å². The predicted molar refractivity (Wildman–Crippen MR) is 101 cm³/mol. The summed E-state index contributed by atoms with van der Waals surface area (Å²) in [4.78, 5) is 25.6. The summed E-state index contributed by atoms with van der Waals surface area (Å²) in [6.45, 7) is -2.86. The molecule has 3 heterocycles. The van der Waals surface area contributed by atoms with E-state index in [4.69, 9.17) is 9.60 Å². The van der Waals surface area contributed by atoms with Crippen molar-refractivity contribution in [3.05, 3.63) is 72.2 Å². The van der Waals surface area contributed by atoms with Crippen LogP contribution in [0, 0.1) is 6.85 Å². The Labute approximate surface area is 160 Å². The van der Waals surface area contributed by atoms with Crippen LogP contribution in [-0.4, -0.2) is 25.4 Å². The highest BCUT2D eigenvalue weighted by Gasteiger charge is 2.09. The zero-order chi connectivity index (χ0) is 24.1. The van der Waals surface area contributed by atoms with E-state index in [1.165, 1.54) is 12.3 Å². The number of amides is 1. The molecule has 6 heteroatoms. The van der Waals surface area contributed by atoms with Gasteiger partial charge in [-0.3, -0.25) is 4.79 Å². The highest BCUT2D eigenvalue weighted by molar-refractivity contribution is 6.04. The Morgan fingerprint density at radius 2 is 2.08 bits per heavy atom. The van der Waals surface area contributed by atoms with Crippen LogP contribution in [0.1, 0.15) is 25.5 Å². The van der Waals surface area contributed by atoms with Crippen molar-refractivity contribution in [3.63, 3.8) is 0 Å². The van der Waals surface area contributed by atoms with Crippen LogP contribution in [0.15, 0.2) is 61.1 Å². The smallest absolute Gasteiger partial charge is 0.256 e. The minimum absolute atomic E-state index is 0.0823. The van der Waals surface area contributed by atoms with Gasteiger partial charge in [0.15, 0.2) is 0 Å². The number of pyridine rings is 2. The molecule has 0 fully saturated rings. The van der Waals surface area contributed by atoms with Crippen LogP contribution in [0.3, 0.4) is 0 Å². The zero-order valence-electron chi connectivity index (χ0n) is 20.7. The summed E-state index contributed by atoms with van der Waals surface area (Å²) < 4.78 is 56.3. The number of carbonyl (C=O) groups excluding carboxylic acids is 1. The number of aryl methyl sites for hydroxylation is 1. The van der Waals surface area contributed by atoms with Crippen LogP contribution in [-0.2, 0) is 7.05 Å². The molecule has 4 aromatic rings. The molecule has 1 aromatic carbocycles. The van der Waals surface area contributed by atoms with Gasteiger partial charge in [0, 0.05) is 34.4 Å². The number of nitrogens with one attached hydrogen (secondary N) is 1. The molecule has 1 amide bonds. The molecule has 0 saturated carbocycles. The molecule has 0 radical (unpaired) electrons. The molecule has 0 aliphatic heterocycles. The summed E-state index contributed by atoms with van der Waals surface area (Å²) in [5.74, 6) is -0.863. The van der Waals surface area contributed by atoms with Crippen LogP contribution in [0.2, 0.25) is 0 Å². The van der Waals surface area contributed by atoms with Crippen molar-refractivity contribution >= 4 is 22.6 Å². The minimum atomic E-state index is -2.86. The summed E-state index contributed by atoms with van der Waals surface area (Å²) in [6.07, 6.45) is 4.82. The van der Waals surface area contributed by atoms with Gasteiger partial charge >= 0.3 is 0 Å². The van der Waals surface area contributed by atoms with Gasteiger partial charge in [0.05, 0.1) is 34.9 Å². The van der Waals surface area contributed by atoms with E-state index in [2.05, 4.69) is 20.3 Å². The molecule has 4 rings (SSSR count). The second-order valence-electron chi connectivity index (χ2n) is 5.55. The Balaban J connectivity index is 1.72. The molecule has 0 aliphatic carbocycles. The number of rotatable bonds is 3. The third-order valence-corrected chi connectivity index (χ3v) is 3.75. The standard InChI is InChI=1S/C20H17N5O/c1-13-3-5-14(6-4-13)20(26)24-19-9-17-15(10-22-19)7-8-16(23-17)18-11-21-12-25(18)2/h3-12H,1-2H3,(H,22,24,26)/i1D3,3D,4D,5D,6D. The Morgan fingerprint density at radius 1 is 1.23 bits per heavy atom. The number of imidazole rings is 1. The fourth-order valence-electron chi connectivity index (χ4n) is 2.44. The monoisotopic (exact) mass is 350 g/mol. The lowest BCUT2D eigenvalue weighted by atomic mass is 10.1. The summed E-state index contributed by atoms with van der Waals surface area (Å²) in [5.41, 5.74) is 0.667. The molecular formula is C20H17N5O. The predicted octanol–water partition coefficient (Wildman–Crippen LogP) is 3.59. The van der Waals surface area contributed by atoms with Crippen molar-refractivity contribution in [2.45, 2.75) is 6.85 Å². The van der Waals surface area contributed by atoms with E-state index in [1.54, 1.807) is 12.5 Å². The maximum Gasteiger partial charge on any atom is 0.256 e. The van der Waals surface area contributed by atoms with Crippen molar-refractivity contribution < 1.29 is 14.4 Å². The van der Waals surface area contributed by atoms with Crippen LogP contribution in [0.4, 0.5) is 5.82 Å². The van der Waals surface area contributed by atoms with Gasteiger partial charge in [-0.2, -0.15) is 0 Å². The molecule has 0 saturated heterocycles. The quantitative estimate of drug-likeness (QED) is 0.613. The first kappa shape index (κ1) is 9.82. The van der Waals surface area contributed by atoms with Crippen molar-refractivity contribution in [1.82, 2.24) is 19.5 Å². The van der Waals surface area contributed by atoms with Crippen LogP contribution in [0.5, 0.6) is 0 Å². The molecule has 128 valence electrons. The lowest BCUT2D eigenvalue weighted by Crippen LogP contribution is -2.12. The minimum Gasteiger partial charge on any atom is -0.332 e. The number of anilines is 1. The van der Waals surface area contributed by atoms with Crippen LogP contribution >= 0.6 is 0 Å². The number of aromatic nitrogens is 4. The average Bonchev–Trinajstić information content (AvgIpc) is 3.17. The first-order valence-electron chi connectivity index (χ1n) is 11.1. The van der Waals surface area contributed by atoms with Gasteiger partial charge in [-0.25, -0.2) is 15.0 Å². The lowest BCUT2D eigenvalue weighted by Gasteiger charge is -2.07. The van der Waals surface area contributed by atoms with E-state index in [1.807, 2.05) is 23.7 Å². The Hall–Kier alpha value is -3.54. The van der Waals surface area contributed by atoms with Crippen molar-refractivity contribution in [3.8, 4) is 11.4 Å². The van der Waals surface area contributed by atoms with E-state index in [9.17, 15) is 4.79 Å². The number of hydrogen-bond donors (Lipinski definition) is 1. The molecular weight excluding hydrogens is 326 g/mol. The highest BCUT2D eigenvalue weighted by Crippen LogP contribution is 2.21. The summed E-state index contributed by atoms with van der Waals surface area (Å²) in [7, 11) is 1.84. The van der Waals surface area contributed by atoms with Crippen LogP contribution < -0.4 is 5.32 Å². The average molecular weight is 350 g/mol. The highest BCUT2D eigenvalue weighted by atomic mass is 16.1. The van der Waals surface area contributed by atoms with Gasteiger partial charge in [-0.05, 0) is 31.1 Å². The number of hydrogen-bond acceptors (Lipinski definition) is 4. The molecule has 0 atom stereocenters. The van der Waals surface area contributed by atoms with E-state index in [-0.39, 0.29) is 5.82 Å². The molecule has 26 heavy (non-hydrogen) atoms. The molecule has 3 aromatic heterocycles. The third-order valence-electron chi connectivity index (χ3n) is 3.75. The molecule has 0 unspecified atom stereocenters. The zero-order valence-corrected chi connectivity index (χ0v) is 13.7. The fraction of sp³-hybridized carbons (Fsp3) is 0.100. The van der Waals surface area contributed by atoms with E-state index >= 15 is 0 Å². The first-order chi connectivity index (χ1) is 15.5. The van der Waals surface area contributed by atoms with E-state index < -0.39 is 48.1 Å². The largest absolute Gasteiger partial charge is 0.332 e. The van der Waals surface area contributed by atoms with E-state index in [0.29, 0.717) is 16.6 Å². The molecule has 0 bridgehead atoms. The second kappa shape index (κ2) is 6.40. The Kier molecular flexibility index (Phi) is 2.42. The summed E-state index contributed by atoms with van der Waals surface area (Å²) in [5, 5.41) is 3.17. The van der Waals surface area contributed by atoms with Gasteiger partial charge in [-0.15, -0.1) is 0 Å². The number of fused-ring (bicyclic) bond motifs is 1. The van der Waals surface area contributed by atoms with Crippen molar-refractivity contribution in [1.29, 1.82) is 0 Å². The van der Waals surface area contributed by atoms with Crippen LogP contribution in [0.25, 0.3) is 22.3 Å². The molecule has 0 aliphatic rings. The number of nitrogens with zero attached hydrogens (tertiary/aromatic N) is 4. The first-order valence-corrected chi connectivity index (χ1v) is 7.64. The normalized spacial score (nSPS) is 15.2. The summed E-state index contributed by atoms with van der Waals surface area (Å²) >= 11 is 0. The Bertz CT molecular complexity index is 1390.